The van der Waals surface area contributed by atoms with Gasteiger partial charge in [-0.25, -0.2) is 0 Å². The molecule has 1 saturated heterocycles. The summed E-state index contributed by atoms with van der Waals surface area (Å²) >= 11 is 0. The summed E-state index contributed by atoms with van der Waals surface area (Å²) in [7, 11) is 0. The van der Waals surface area contributed by atoms with Crippen LogP contribution in [0, 0.1) is 6.92 Å². The number of hydrogen-bond donors (Lipinski definition) is 1. The third kappa shape index (κ3) is 4.00. The Morgan fingerprint density at radius 2 is 2.15 bits per heavy atom. The van der Waals surface area contributed by atoms with E-state index in [1.165, 1.54) is 5.56 Å². The minimum Gasteiger partial charge on any atom is -0.379 e. The second kappa shape index (κ2) is 7.80. The molecule has 4 rings (SSSR count). The predicted molar refractivity (Wildman–Crippen MR) is 100 cm³/mol. The first-order valence-corrected chi connectivity index (χ1v) is 9.07. The van der Waals surface area contributed by atoms with Crippen LogP contribution in [-0.2, 0) is 11.3 Å². The van der Waals surface area contributed by atoms with E-state index in [9.17, 15) is 0 Å². The van der Waals surface area contributed by atoms with Gasteiger partial charge in [0.2, 0.25) is 5.65 Å². The molecule has 1 fully saturated rings. The van der Waals surface area contributed by atoms with Crippen molar-refractivity contribution < 1.29 is 4.74 Å². The molecule has 26 heavy (non-hydrogen) atoms. The number of nitrogens with zero attached hydrogens (tertiary/aromatic N) is 5. The van der Waals surface area contributed by atoms with Crippen LogP contribution in [0.25, 0.3) is 5.65 Å². The molecule has 3 aromatic rings. The van der Waals surface area contributed by atoms with Crippen molar-refractivity contribution in [2.45, 2.75) is 26.0 Å². The van der Waals surface area contributed by atoms with Crippen molar-refractivity contribution in [1.82, 2.24) is 24.7 Å². The van der Waals surface area contributed by atoms with Crippen LogP contribution in [0.2, 0.25) is 0 Å². The molecule has 1 unspecified atom stereocenters. The Morgan fingerprint density at radius 1 is 1.27 bits per heavy atom. The monoisotopic (exact) mass is 352 g/mol. The SMILES string of the molecule is Cc1cc(NCC2CN(Cc3ccccc3)CCCO2)c2nncn2n1. The Bertz CT molecular complexity index is 850. The fraction of sp³-hybridized carbons (Fsp3) is 0.421. The lowest BCUT2D eigenvalue weighted by Crippen LogP contribution is -2.35. The number of rotatable bonds is 5. The van der Waals surface area contributed by atoms with Gasteiger partial charge in [-0.3, -0.25) is 4.90 Å². The van der Waals surface area contributed by atoms with Gasteiger partial charge in [-0.15, -0.1) is 10.2 Å². The summed E-state index contributed by atoms with van der Waals surface area (Å²) in [5.41, 5.74) is 3.95. The molecule has 0 amide bonds. The first-order valence-electron chi connectivity index (χ1n) is 9.07. The Morgan fingerprint density at radius 3 is 3.04 bits per heavy atom. The first-order chi connectivity index (χ1) is 12.8. The molecule has 7 nitrogen and oxygen atoms in total. The summed E-state index contributed by atoms with van der Waals surface area (Å²) in [6.45, 7) is 6.44. The van der Waals surface area contributed by atoms with Gasteiger partial charge in [-0.05, 0) is 25.0 Å². The van der Waals surface area contributed by atoms with E-state index < -0.39 is 0 Å². The van der Waals surface area contributed by atoms with Crippen molar-refractivity contribution in [2.24, 2.45) is 0 Å². The van der Waals surface area contributed by atoms with Crippen LogP contribution < -0.4 is 5.32 Å². The van der Waals surface area contributed by atoms with Crippen molar-refractivity contribution in [3.63, 3.8) is 0 Å². The number of aromatic nitrogens is 4. The zero-order valence-corrected chi connectivity index (χ0v) is 15.0. The Kier molecular flexibility index (Phi) is 5.08. The number of nitrogens with one attached hydrogen (secondary N) is 1. The molecule has 1 aromatic carbocycles. The molecule has 1 atom stereocenters. The zero-order chi connectivity index (χ0) is 17.8. The average molecular weight is 352 g/mol. The van der Waals surface area contributed by atoms with Crippen molar-refractivity contribution in [1.29, 1.82) is 0 Å². The molecule has 1 aliphatic rings. The number of benzene rings is 1. The van der Waals surface area contributed by atoms with Crippen molar-refractivity contribution >= 4 is 11.3 Å². The molecule has 1 N–H and O–H groups in total. The Balaban J connectivity index is 1.41. The second-order valence-electron chi connectivity index (χ2n) is 6.75. The van der Waals surface area contributed by atoms with E-state index in [2.05, 4.69) is 55.8 Å². The highest BCUT2D eigenvalue weighted by Crippen LogP contribution is 2.16. The quantitative estimate of drug-likeness (QED) is 0.759. The van der Waals surface area contributed by atoms with Crippen molar-refractivity contribution in [3.8, 4) is 0 Å². The summed E-state index contributed by atoms with van der Waals surface area (Å²) in [4.78, 5) is 2.47. The molecular weight excluding hydrogens is 328 g/mol. The van der Waals surface area contributed by atoms with E-state index >= 15 is 0 Å². The van der Waals surface area contributed by atoms with Crippen LogP contribution in [0.5, 0.6) is 0 Å². The largest absolute Gasteiger partial charge is 0.379 e. The lowest BCUT2D eigenvalue weighted by atomic mass is 10.2. The predicted octanol–water partition coefficient (Wildman–Crippen LogP) is 2.14. The highest BCUT2D eigenvalue weighted by atomic mass is 16.5. The molecular formula is C19H24N6O. The number of aryl methyl sites for hydroxylation is 1. The fourth-order valence-corrected chi connectivity index (χ4v) is 3.39. The maximum Gasteiger partial charge on any atom is 0.200 e. The number of anilines is 1. The van der Waals surface area contributed by atoms with E-state index in [4.69, 9.17) is 4.74 Å². The van der Waals surface area contributed by atoms with Crippen molar-refractivity contribution in [3.05, 3.63) is 54.0 Å². The number of ether oxygens (including phenoxy) is 1. The van der Waals surface area contributed by atoms with Crippen LogP contribution in [0.3, 0.4) is 0 Å². The topological polar surface area (TPSA) is 67.6 Å². The van der Waals surface area contributed by atoms with Gasteiger partial charge in [-0.2, -0.15) is 9.61 Å². The summed E-state index contributed by atoms with van der Waals surface area (Å²) in [6, 6.07) is 12.6. The Labute approximate surface area is 153 Å². The van der Waals surface area contributed by atoms with Crippen molar-refractivity contribution in [2.75, 3.05) is 31.6 Å². The molecule has 0 bridgehead atoms. The van der Waals surface area contributed by atoms with Crippen LogP contribution in [0.1, 0.15) is 17.7 Å². The lowest BCUT2D eigenvalue weighted by molar-refractivity contribution is 0.0625. The van der Waals surface area contributed by atoms with E-state index in [1.807, 2.05) is 13.0 Å². The summed E-state index contributed by atoms with van der Waals surface area (Å²) < 4.78 is 7.76. The minimum atomic E-state index is 0.137. The lowest BCUT2D eigenvalue weighted by Gasteiger charge is -2.24. The summed E-state index contributed by atoms with van der Waals surface area (Å²) in [6.07, 6.45) is 2.82. The van der Waals surface area contributed by atoms with Gasteiger partial charge >= 0.3 is 0 Å². The zero-order valence-electron chi connectivity index (χ0n) is 15.0. The van der Waals surface area contributed by atoms with Crippen LogP contribution in [-0.4, -0.2) is 57.1 Å². The van der Waals surface area contributed by atoms with E-state index in [1.54, 1.807) is 10.8 Å². The molecule has 0 aliphatic carbocycles. The van der Waals surface area contributed by atoms with Crippen LogP contribution in [0.15, 0.2) is 42.7 Å². The van der Waals surface area contributed by atoms with Crippen LogP contribution in [0.4, 0.5) is 5.69 Å². The Hall–Kier alpha value is -2.51. The first kappa shape index (κ1) is 16.9. The molecule has 0 radical (unpaired) electrons. The van der Waals surface area contributed by atoms with E-state index in [0.29, 0.717) is 0 Å². The van der Waals surface area contributed by atoms with Gasteiger partial charge in [0.1, 0.15) is 6.33 Å². The second-order valence-corrected chi connectivity index (χ2v) is 6.75. The van der Waals surface area contributed by atoms with Gasteiger partial charge < -0.3 is 10.1 Å². The van der Waals surface area contributed by atoms with Gasteiger partial charge in [0.25, 0.3) is 0 Å². The third-order valence-electron chi connectivity index (χ3n) is 4.59. The number of fused-ring (bicyclic) bond motifs is 1. The van der Waals surface area contributed by atoms with E-state index in [0.717, 1.165) is 56.2 Å². The van der Waals surface area contributed by atoms with Crippen LogP contribution >= 0.6 is 0 Å². The highest BCUT2D eigenvalue weighted by molar-refractivity contribution is 5.66. The maximum absolute atomic E-state index is 6.05. The molecule has 1 aliphatic heterocycles. The molecule has 0 spiro atoms. The third-order valence-corrected chi connectivity index (χ3v) is 4.59. The molecule has 0 saturated carbocycles. The van der Waals surface area contributed by atoms with E-state index in [-0.39, 0.29) is 6.10 Å². The van der Waals surface area contributed by atoms with Gasteiger partial charge in [0.15, 0.2) is 0 Å². The average Bonchev–Trinajstić information content (AvgIpc) is 3.00. The van der Waals surface area contributed by atoms with Gasteiger partial charge in [0, 0.05) is 32.8 Å². The minimum absolute atomic E-state index is 0.137. The molecule has 136 valence electrons. The van der Waals surface area contributed by atoms with Gasteiger partial charge in [-0.1, -0.05) is 30.3 Å². The molecule has 3 heterocycles. The maximum atomic E-state index is 6.05. The van der Waals surface area contributed by atoms with Gasteiger partial charge in [0.05, 0.1) is 17.5 Å². The smallest absolute Gasteiger partial charge is 0.200 e. The standard InChI is InChI=1S/C19H24N6O/c1-15-10-18(19-22-21-14-25(19)23-15)20-11-17-13-24(8-5-9-26-17)12-16-6-3-2-4-7-16/h2-4,6-7,10,14,17,20H,5,8-9,11-13H2,1H3. The molecule has 2 aromatic heterocycles. The fourth-order valence-electron chi connectivity index (χ4n) is 3.39. The molecule has 7 heteroatoms. The summed E-state index contributed by atoms with van der Waals surface area (Å²) in [5.74, 6) is 0. The summed E-state index contributed by atoms with van der Waals surface area (Å²) in [5, 5.41) is 16.0. The normalized spacial score (nSPS) is 18.7. The number of hydrogen-bond acceptors (Lipinski definition) is 6. The highest BCUT2D eigenvalue weighted by Gasteiger charge is 2.19.